The zero-order valence-electron chi connectivity index (χ0n) is 11.7. The van der Waals surface area contributed by atoms with Crippen LogP contribution in [0.3, 0.4) is 0 Å². The van der Waals surface area contributed by atoms with Crippen LogP contribution in [-0.4, -0.2) is 33.0 Å². The molecule has 1 atom stereocenters. The third-order valence-electron chi connectivity index (χ3n) is 4.32. The number of rotatable bonds is 2. The van der Waals surface area contributed by atoms with Gasteiger partial charge in [0.25, 0.3) is 5.56 Å². The second-order valence-corrected chi connectivity index (χ2v) is 5.98. The largest absolute Gasteiger partial charge is 0.336 e. The first-order chi connectivity index (χ1) is 9.48. The van der Waals surface area contributed by atoms with Gasteiger partial charge in [-0.2, -0.15) is 0 Å². The highest BCUT2D eigenvalue weighted by Crippen LogP contribution is 2.34. The van der Waals surface area contributed by atoms with Gasteiger partial charge in [-0.05, 0) is 31.8 Å². The van der Waals surface area contributed by atoms with Crippen LogP contribution in [0.15, 0.2) is 9.59 Å². The zero-order valence-corrected chi connectivity index (χ0v) is 11.7. The fourth-order valence-corrected chi connectivity index (χ4v) is 2.90. The van der Waals surface area contributed by atoms with Gasteiger partial charge in [-0.15, -0.1) is 0 Å². The van der Waals surface area contributed by atoms with Gasteiger partial charge in [0, 0.05) is 5.41 Å². The Bertz CT molecular complexity index is 733. The number of H-pyrrole nitrogens is 3. The normalized spacial score (nSPS) is 20.4. The first-order valence-electron chi connectivity index (χ1n) is 6.92. The molecular formula is C13H19N5O2. The highest BCUT2D eigenvalue weighted by molar-refractivity contribution is 5.68. The maximum Gasteiger partial charge on any atom is 0.327 e. The van der Waals surface area contributed by atoms with E-state index in [0.29, 0.717) is 17.1 Å². The van der Waals surface area contributed by atoms with Crippen LogP contribution in [-0.2, 0) is 5.41 Å². The Kier molecular flexibility index (Phi) is 3.01. The molecule has 3 rings (SSSR count). The molecule has 2 aromatic heterocycles. The lowest BCUT2D eigenvalue weighted by Crippen LogP contribution is -2.41. The summed E-state index contributed by atoms with van der Waals surface area (Å²) < 4.78 is 0. The number of aromatic nitrogens is 4. The van der Waals surface area contributed by atoms with Gasteiger partial charge in [-0.25, -0.2) is 9.78 Å². The molecule has 3 heterocycles. The number of piperidine rings is 1. The third kappa shape index (κ3) is 2.07. The summed E-state index contributed by atoms with van der Waals surface area (Å²) in [6.45, 7) is 6.24. The van der Waals surface area contributed by atoms with Crippen molar-refractivity contribution < 1.29 is 0 Å². The summed E-state index contributed by atoms with van der Waals surface area (Å²) in [5.74, 6) is 1.19. The van der Waals surface area contributed by atoms with Gasteiger partial charge in [-0.3, -0.25) is 14.8 Å². The van der Waals surface area contributed by atoms with Gasteiger partial charge < -0.3 is 10.3 Å². The van der Waals surface area contributed by atoms with Crippen molar-refractivity contribution >= 4 is 11.2 Å². The first kappa shape index (κ1) is 13.1. The number of fused-ring (bicyclic) bond motifs is 1. The molecule has 2 aromatic rings. The van der Waals surface area contributed by atoms with Crippen molar-refractivity contribution in [2.45, 2.75) is 32.1 Å². The van der Waals surface area contributed by atoms with Gasteiger partial charge in [0.1, 0.15) is 11.3 Å². The fraction of sp³-hybridized carbons (Fsp3) is 0.615. The molecule has 1 saturated heterocycles. The maximum absolute atomic E-state index is 11.8. The Morgan fingerprint density at radius 2 is 2.00 bits per heavy atom. The predicted molar refractivity (Wildman–Crippen MR) is 76.0 cm³/mol. The van der Waals surface area contributed by atoms with Crippen LogP contribution in [0.2, 0.25) is 0 Å². The Morgan fingerprint density at radius 3 is 2.70 bits per heavy atom. The lowest BCUT2D eigenvalue weighted by atomic mass is 9.74. The molecule has 0 saturated carbocycles. The number of aromatic amines is 3. The number of nitrogens with one attached hydrogen (secondary N) is 4. The van der Waals surface area contributed by atoms with E-state index in [1.807, 2.05) is 0 Å². The topological polar surface area (TPSA) is 106 Å². The van der Waals surface area contributed by atoms with Crippen LogP contribution in [0.1, 0.15) is 32.5 Å². The van der Waals surface area contributed by atoms with E-state index in [9.17, 15) is 9.59 Å². The minimum absolute atomic E-state index is 0.185. The van der Waals surface area contributed by atoms with E-state index in [1.54, 1.807) is 0 Å². The second kappa shape index (κ2) is 4.59. The van der Waals surface area contributed by atoms with Crippen molar-refractivity contribution in [2.24, 2.45) is 5.92 Å². The Morgan fingerprint density at radius 1 is 1.20 bits per heavy atom. The summed E-state index contributed by atoms with van der Waals surface area (Å²) in [6, 6.07) is 0. The van der Waals surface area contributed by atoms with Gasteiger partial charge in [-0.1, -0.05) is 13.8 Å². The second-order valence-electron chi connectivity index (χ2n) is 5.98. The van der Waals surface area contributed by atoms with E-state index < -0.39 is 11.2 Å². The van der Waals surface area contributed by atoms with Crippen LogP contribution in [0, 0.1) is 5.92 Å². The van der Waals surface area contributed by atoms with Gasteiger partial charge in [0.05, 0.1) is 0 Å². The molecule has 0 aromatic carbocycles. The molecule has 0 spiro atoms. The van der Waals surface area contributed by atoms with Crippen LogP contribution in [0.4, 0.5) is 0 Å². The maximum atomic E-state index is 11.8. The van der Waals surface area contributed by atoms with E-state index in [-0.39, 0.29) is 5.41 Å². The summed E-state index contributed by atoms with van der Waals surface area (Å²) in [7, 11) is 0. The Hall–Kier alpha value is -1.89. The lowest BCUT2D eigenvalue weighted by molar-refractivity contribution is 0.243. The highest BCUT2D eigenvalue weighted by Gasteiger charge is 2.35. The van der Waals surface area contributed by atoms with Crippen molar-refractivity contribution in [3.8, 4) is 0 Å². The number of hydrogen-bond donors (Lipinski definition) is 4. The van der Waals surface area contributed by atoms with Crippen molar-refractivity contribution in [1.82, 2.24) is 25.3 Å². The molecule has 1 aliphatic rings. The molecule has 1 unspecified atom stereocenters. The molecule has 7 heteroatoms. The molecule has 0 radical (unpaired) electrons. The zero-order chi connectivity index (χ0) is 14.3. The monoisotopic (exact) mass is 277 g/mol. The predicted octanol–water partition coefficient (Wildman–Crippen LogP) is 0.217. The molecule has 0 amide bonds. The summed E-state index contributed by atoms with van der Waals surface area (Å²) in [5, 5.41) is 3.40. The molecule has 20 heavy (non-hydrogen) atoms. The Labute approximate surface area is 115 Å². The standard InChI is InChI=1S/C13H19N5O2/c1-13(2,7-4-3-5-14-6-7)11-15-8-9(16-11)17-12(20)18-10(8)19/h7,14H,3-6H2,1-2H3,(H3,15,16,17,18,19,20). The van der Waals surface area contributed by atoms with Crippen molar-refractivity contribution in [1.29, 1.82) is 0 Å². The summed E-state index contributed by atoms with van der Waals surface area (Å²) in [6.07, 6.45) is 2.27. The lowest BCUT2D eigenvalue weighted by Gasteiger charge is -2.35. The number of nitrogens with zero attached hydrogens (tertiary/aromatic N) is 1. The van der Waals surface area contributed by atoms with Gasteiger partial charge >= 0.3 is 5.69 Å². The summed E-state index contributed by atoms with van der Waals surface area (Å²) in [4.78, 5) is 35.3. The highest BCUT2D eigenvalue weighted by atomic mass is 16.2. The van der Waals surface area contributed by atoms with Crippen LogP contribution in [0.5, 0.6) is 0 Å². The van der Waals surface area contributed by atoms with Gasteiger partial charge in [0.15, 0.2) is 5.65 Å². The smallest absolute Gasteiger partial charge is 0.327 e. The van der Waals surface area contributed by atoms with E-state index >= 15 is 0 Å². The molecule has 4 N–H and O–H groups in total. The minimum Gasteiger partial charge on any atom is -0.336 e. The average molecular weight is 277 g/mol. The van der Waals surface area contributed by atoms with Crippen LogP contribution in [0.25, 0.3) is 11.2 Å². The van der Waals surface area contributed by atoms with Crippen molar-refractivity contribution in [3.63, 3.8) is 0 Å². The van der Waals surface area contributed by atoms with E-state index in [0.717, 1.165) is 31.8 Å². The van der Waals surface area contributed by atoms with Crippen LogP contribution < -0.4 is 16.6 Å². The van der Waals surface area contributed by atoms with E-state index in [4.69, 9.17) is 0 Å². The van der Waals surface area contributed by atoms with Crippen LogP contribution >= 0.6 is 0 Å². The molecule has 0 bridgehead atoms. The molecule has 0 aliphatic carbocycles. The molecule has 1 aliphatic heterocycles. The number of imidazole rings is 1. The van der Waals surface area contributed by atoms with E-state index in [2.05, 4.69) is 39.1 Å². The summed E-state index contributed by atoms with van der Waals surface area (Å²) in [5.41, 5.74) is -0.490. The van der Waals surface area contributed by atoms with E-state index in [1.165, 1.54) is 0 Å². The van der Waals surface area contributed by atoms with Crippen molar-refractivity contribution in [3.05, 3.63) is 26.7 Å². The first-order valence-corrected chi connectivity index (χ1v) is 6.92. The summed E-state index contributed by atoms with van der Waals surface area (Å²) >= 11 is 0. The van der Waals surface area contributed by atoms with Gasteiger partial charge in [0.2, 0.25) is 0 Å². The SMILES string of the molecule is CC(C)(c1nc2[nH]c(=O)[nH]c(=O)c2[nH]1)C1CCCNC1. The average Bonchev–Trinajstić information content (AvgIpc) is 2.84. The quantitative estimate of drug-likeness (QED) is 0.630. The third-order valence-corrected chi connectivity index (χ3v) is 4.32. The molecule has 108 valence electrons. The Balaban J connectivity index is 2.07. The minimum atomic E-state index is -0.530. The number of hydrogen-bond acceptors (Lipinski definition) is 4. The molecule has 1 fully saturated rings. The van der Waals surface area contributed by atoms with Crippen molar-refractivity contribution in [2.75, 3.05) is 13.1 Å². The fourth-order valence-electron chi connectivity index (χ4n) is 2.90. The molecular weight excluding hydrogens is 258 g/mol. The molecule has 7 nitrogen and oxygen atoms in total.